The lowest BCUT2D eigenvalue weighted by Gasteiger charge is -2.41. The highest BCUT2D eigenvalue weighted by molar-refractivity contribution is 8.00. The van der Waals surface area contributed by atoms with Gasteiger partial charge in [0.05, 0.1) is 70.1 Å². The summed E-state index contributed by atoms with van der Waals surface area (Å²) in [6.07, 6.45) is 2.32. The number of thioether (sulfide) groups is 1. The molecule has 5 amide bonds. The van der Waals surface area contributed by atoms with Crippen molar-refractivity contribution >= 4 is 47.3 Å². The summed E-state index contributed by atoms with van der Waals surface area (Å²) in [5.41, 5.74) is 6.86. The van der Waals surface area contributed by atoms with Crippen molar-refractivity contribution in [3.8, 4) is 11.1 Å². The van der Waals surface area contributed by atoms with Crippen LogP contribution in [-0.2, 0) is 54.3 Å². The zero-order valence-corrected chi connectivity index (χ0v) is 41.8. The van der Waals surface area contributed by atoms with Crippen molar-refractivity contribution in [3.05, 3.63) is 83.7 Å². The Labute approximate surface area is 413 Å². The molecular formula is C50H70F2N6O11S. The number of hydrogen-bond acceptors (Lipinski definition) is 12. The summed E-state index contributed by atoms with van der Waals surface area (Å²) >= 11 is 1.08. The lowest BCUT2D eigenvalue weighted by molar-refractivity contribution is -0.142. The van der Waals surface area contributed by atoms with E-state index in [2.05, 4.69) is 10.6 Å². The van der Waals surface area contributed by atoms with E-state index in [9.17, 15) is 38.3 Å². The minimum Gasteiger partial charge on any atom is -0.480 e. The van der Waals surface area contributed by atoms with Crippen molar-refractivity contribution in [2.24, 2.45) is 16.6 Å². The van der Waals surface area contributed by atoms with Gasteiger partial charge in [-0.1, -0.05) is 65.0 Å². The van der Waals surface area contributed by atoms with Crippen LogP contribution in [0, 0.1) is 22.5 Å². The normalized spacial score (nSPS) is 14.4. The maximum atomic E-state index is 15.1. The van der Waals surface area contributed by atoms with Crippen LogP contribution < -0.4 is 16.4 Å². The summed E-state index contributed by atoms with van der Waals surface area (Å²) in [6, 6.07) is 12.9. The van der Waals surface area contributed by atoms with Crippen molar-refractivity contribution in [1.82, 2.24) is 25.0 Å². The molecule has 3 aromatic rings. The predicted octanol–water partition coefficient (Wildman–Crippen LogP) is 4.80. The molecular weight excluding hydrogens is 931 g/mol. The lowest BCUT2D eigenvalue weighted by Crippen LogP contribution is -2.45. The van der Waals surface area contributed by atoms with Crippen LogP contribution in [0.5, 0.6) is 0 Å². The summed E-state index contributed by atoms with van der Waals surface area (Å²) < 4.78 is 53.4. The fourth-order valence-electron chi connectivity index (χ4n) is 7.80. The first-order valence-electron chi connectivity index (χ1n) is 23.5. The molecule has 1 fully saturated rings. The predicted molar refractivity (Wildman–Crippen MR) is 260 cm³/mol. The Morgan fingerprint density at radius 2 is 1.53 bits per heavy atom. The van der Waals surface area contributed by atoms with E-state index in [1.54, 1.807) is 31.0 Å². The molecule has 2 atom stereocenters. The fraction of sp³-hybridized carbons (Fsp3) is 0.560. The zero-order valence-electron chi connectivity index (χ0n) is 41.0. The number of rotatable bonds is 32. The maximum Gasteiger partial charge on any atom is 0.327 e. The molecule has 0 saturated carbocycles. The quantitative estimate of drug-likeness (QED) is 0.0489. The molecule has 0 bridgehead atoms. The van der Waals surface area contributed by atoms with E-state index in [0.29, 0.717) is 57.2 Å². The lowest BCUT2D eigenvalue weighted by atomic mass is 9.83. The van der Waals surface area contributed by atoms with Gasteiger partial charge in [0.2, 0.25) is 29.5 Å². The Morgan fingerprint density at radius 1 is 0.886 bits per heavy atom. The van der Waals surface area contributed by atoms with Crippen molar-refractivity contribution in [2.45, 2.75) is 78.9 Å². The number of carboxylic acid groups (broad SMARTS) is 1. The van der Waals surface area contributed by atoms with Crippen molar-refractivity contribution in [1.29, 1.82) is 0 Å². The van der Waals surface area contributed by atoms with Gasteiger partial charge in [-0.3, -0.25) is 28.9 Å². The number of hydrogen-bond donors (Lipinski definition) is 4. The van der Waals surface area contributed by atoms with E-state index in [1.807, 2.05) is 55.7 Å². The summed E-state index contributed by atoms with van der Waals surface area (Å²) in [5.74, 6) is -4.22. The largest absolute Gasteiger partial charge is 0.480 e. The average molecular weight is 1000 g/mol. The number of ether oxygens (including phenoxy) is 4. The van der Waals surface area contributed by atoms with Crippen molar-refractivity contribution in [3.63, 3.8) is 0 Å². The SMILES string of the molecule is CC1(C)CC(=O)N(CCC(=O)NCCOCCOCCOCCOCCC(=O)N[C@@H](CSCC(=O)N(CCCN)[C@@H](c2cc(-c3cc(F)ccc3F)cn2Cc2ccccc2)C(C)(C)C)C(=O)O)C1=O. The molecule has 386 valence electrons. The van der Waals surface area contributed by atoms with Gasteiger partial charge >= 0.3 is 5.97 Å². The Morgan fingerprint density at radius 3 is 2.13 bits per heavy atom. The number of nitrogens with zero attached hydrogens (tertiary/aromatic N) is 3. The van der Waals surface area contributed by atoms with Gasteiger partial charge in [-0.15, -0.1) is 11.8 Å². The molecule has 1 aliphatic rings. The van der Waals surface area contributed by atoms with Gasteiger partial charge in [0.15, 0.2) is 0 Å². The number of aromatic nitrogens is 1. The number of nitrogens with two attached hydrogens (primary N) is 1. The number of likely N-dealkylation sites (tertiary alicyclic amines) is 1. The number of aliphatic carboxylic acids is 1. The average Bonchev–Trinajstić information content (AvgIpc) is 3.79. The van der Waals surface area contributed by atoms with E-state index >= 15 is 4.39 Å². The van der Waals surface area contributed by atoms with Gasteiger partial charge in [0, 0.05) is 74.2 Å². The smallest absolute Gasteiger partial charge is 0.327 e. The van der Waals surface area contributed by atoms with E-state index in [4.69, 9.17) is 24.7 Å². The molecule has 17 nitrogen and oxygen atoms in total. The second-order valence-corrected chi connectivity index (χ2v) is 19.6. The number of nitrogens with one attached hydrogen (secondary N) is 2. The van der Waals surface area contributed by atoms with E-state index in [-0.39, 0.29) is 106 Å². The number of carboxylic acids is 1. The summed E-state index contributed by atoms with van der Waals surface area (Å²) in [4.78, 5) is 78.4. The standard InChI is InChI=1S/C50H70F2N6O11S/c1-49(2,3)46(41-28-36(38-29-37(51)12-13-39(38)52)32-56(41)31-35-10-7-6-8-11-35)57(18-9-16-53)45(62)34-70-33-40(47(63)64)55-43(60)15-20-66-22-24-68-26-27-69-25-23-67-21-17-54-42(59)14-19-58-44(61)30-50(4,5)48(58)65/h6-8,10-13,28-29,32,40,46H,9,14-27,30-31,33-34,53H2,1-5H3,(H,54,59)(H,55,60)(H,63,64)/t40-,46-/m0/s1. The topological polar surface area (TPSA) is 221 Å². The third-order valence-electron chi connectivity index (χ3n) is 11.3. The molecule has 0 unspecified atom stereocenters. The van der Waals surface area contributed by atoms with Gasteiger partial charge in [0.25, 0.3) is 0 Å². The van der Waals surface area contributed by atoms with Gasteiger partial charge in [-0.2, -0.15) is 0 Å². The zero-order chi connectivity index (χ0) is 51.3. The number of imide groups is 1. The molecule has 2 heterocycles. The highest BCUT2D eigenvalue weighted by atomic mass is 32.2. The van der Waals surface area contributed by atoms with Gasteiger partial charge < -0.3 is 49.9 Å². The van der Waals surface area contributed by atoms with Gasteiger partial charge in [-0.05, 0) is 48.2 Å². The first kappa shape index (κ1) is 57.3. The van der Waals surface area contributed by atoms with Gasteiger partial charge in [-0.25, -0.2) is 13.6 Å². The van der Waals surface area contributed by atoms with Crippen molar-refractivity contribution in [2.75, 3.05) is 90.5 Å². The molecule has 0 radical (unpaired) electrons. The number of carbonyl (C=O) groups is 6. The molecule has 1 aliphatic heterocycles. The van der Waals surface area contributed by atoms with E-state index < -0.39 is 46.4 Å². The van der Waals surface area contributed by atoms with Crippen LogP contribution in [0.4, 0.5) is 8.78 Å². The Bertz CT molecular complexity index is 2190. The highest BCUT2D eigenvalue weighted by Crippen LogP contribution is 2.41. The Kier molecular flexibility index (Phi) is 23.4. The van der Waals surface area contributed by atoms with Gasteiger partial charge in [0.1, 0.15) is 17.7 Å². The number of benzene rings is 2. The van der Waals surface area contributed by atoms with Crippen LogP contribution >= 0.6 is 11.8 Å². The minimum absolute atomic E-state index is 0.0256. The summed E-state index contributed by atoms with van der Waals surface area (Å²) in [6.45, 7) is 12.7. The van der Waals surface area contributed by atoms with Crippen LogP contribution in [0.2, 0.25) is 0 Å². The molecule has 0 aliphatic carbocycles. The second-order valence-electron chi connectivity index (χ2n) is 18.6. The van der Waals surface area contributed by atoms with Crippen LogP contribution in [0.15, 0.2) is 60.8 Å². The van der Waals surface area contributed by atoms with Crippen LogP contribution in [0.1, 0.15) is 77.6 Å². The van der Waals surface area contributed by atoms with Crippen molar-refractivity contribution < 1.29 is 61.6 Å². The fourth-order valence-corrected chi connectivity index (χ4v) is 8.72. The van der Waals surface area contributed by atoms with E-state index in [1.165, 1.54) is 0 Å². The van der Waals surface area contributed by atoms with E-state index in [0.717, 1.165) is 40.4 Å². The Hall–Kier alpha value is -5.25. The molecule has 4 rings (SSSR count). The number of halogens is 2. The highest BCUT2D eigenvalue weighted by Gasteiger charge is 2.44. The monoisotopic (exact) mass is 1000 g/mol. The molecule has 20 heteroatoms. The molecule has 1 aromatic heterocycles. The third-order valence-corrected chi connectivity index (χ3v) is 12.3. The van der Waals surface area contributed by atoms with Crippen LogP contribution in [0.25, 0.3) is 11.1 Å². The second kappa shape index (κ2) is 28.6. The minimum atomic E-state index is -1.27. The molecule has 1 saturated heterocycles. The molecule has 2 aromatic carbocycles. The molecule has 5 N–H and O–H groups in total. The Balaban J connectivity index is 1.15. The summed E-state index contributed by atoms with van der Waals surface area (Å²) in [7, 11) is 0. The van der Waals surface area contributed by atoms with Crippen LogP contribution in [0.3, 0.4) is 0 Å². The number of amides is 5. The number of carbonyl (C=O) groups excluding carboxylic acids is 5. The third kappa shape index (κ3) is 18.5. The van der Waals surface area contributed by atoms with Crippen LogP contribution in [-0.4, -0.2) is 152 Å². The maximum absolute atomic E-state index is 15.1. The molecule has 70 heavy (non-hydrogen) atoms. The molecule has 0 spiro atoms. The first-order valence-corrected chi connectivity index (χ1v) is 24.7. The summed E-state index contributed by atoms with van der Waals surface area (Å²) in [5, 5.41) is 15.1. The first-order chi connectivity index (χ1) is 33.3.